The van der Waals surface area contributed by atoms with Crippen LogP contribution in [0.25, 0.3) is 10.2 Å². The molecule has 0 bridgehead atoms. The number of anilines is 1. The molecular formula is C23H28N4O5S. The number of ether oxygens (including phenoxy) is 2. The highest BCUT2D eigenvalue weighted by Crippen LogP contribution is 2.40. The molecule has 0 saturated carbocycles. The molecule has 176 valence electrons. The third kappa shape index (κ3) is 4.91. The first-order valence-corrected chi connectivity index (χ1v) is 11.5. The summed E-state index contributed by atoms with van der Waals surface area (Å²) in [5, 5.41) is 11.9. The van der Waals surface area contributed by atoms with E-state index in [0.29, 0.717) is 40.8 Å². The van der Waals surface area contributed by atoms with Crippen molar-refractivity contribution in [2.45, 2.75) is 20.8 Å². The molecule has 2 aromatic carbocycles. The average molecular weight is 473 g/mol. The minimum absolute atomic E-state index is 0.0859. The van der Waals surface area contributed by atoms with Crippen LogP contribution in [0.1, 0.15) is 29.8 Å². The Kier molecular flexibility index (Phi) is 7.83. The van der Waals surface area contributed by atoms with Gasteiger partial charge in [-0.3, -0.25) is 19.8 Å². The summed E-state index contributed by atoms with van der Waals surface area (Å²) in [6, 6.07) is 8.13. The molecule has 9 nitrogen and oxygen atoms in total. The number of hydrogen-bond acceptors (Lipinski definition) is 8. The normalized spacial score (nSPS) is 11.1. The number of fused-ring (bicyclic) bond motifs is 1. The molecule has 1 aromatic heterocycles. The summed E-state index contributed by atoms with van der Waals surface area (Å²) in [5.41, 5.74) is 1.13. The van der Waals surface area contributed by atoms with Crippen molar-refractivity contribution in [2.24, 2.45) is 0 Å². The van der Waals surface area contributed by atoms with Gasteiger partial charge in [-0.25, -0.2) is 4.98 Å². The molecule has 0 radical (unpaired) electrons. The Balaban J connectivity index is 2.12. The largest absolute Gasteiger partial charge is 0.495 e. The first-order valence-electron chi connectivity index (χ1n) is 10.7. The second-order valence-corrected chi connectivity index (χ2v) is 8.31. The molecule has 0 saturated heterocycles. The van der Waals surface area contributed by atoms with Crippen molar-refractivity contribution in [1.29, 1.82) is 0 Å². The lowest BCUT2D eigenvalue weighted by molar-refractivity contribution is -0.385. The van der Waals surface area contributed by atoms with Crippen molar-refractivity contribution in [3.8, 4) is 11.5 Å². The SMILES string of the molecule is CCN(CC)CCN(C(=O)c1cccc([N+](=O)[O-])c1C)c1nc2c(OC)ccc(OC)c2s1. The van der Waals surface area contributed by atoms with Gasteiger partial charge in [0.15, 0.2) is 5.13 Å². The fourth-order valence-electron chi connectivity index (χ4n) is 3.65. The number of rotatable bonds is 10. The number of carbonyl (C=O) groups is 1. The monoisotopic (exact) mass is 472 g/mol. The molecule has 1 amide bonds. The zero-order valence-electron chi connectivity index (χ0n) is 19.5. The lowest BCUT2D eigenvalue weighted by Crippen LogP contribution is -2.39. The second kappa shape index (κ2) is 10.6. The number of carbonyl (C=O) groups excluding carboxylic acids is 1. The first-order chi connectivity index (χ1) is 15.9. The Hall–Kier alpha value is -3.24. The maximum absolute atomic E-state index is 13.7. The predicted octanol–water partition coefficient (Wildman–Crippen LogP) is 4.52. The number of thiazole rings is 1. The maximum Gasteiger partial charge on any atom is 0.273 e. The highest BCUT2D eigenvalue weighted by atomic mass is 32.1. The van der Waals surface area contributed by atoms with Gasteiger partial charge in [-0.05, 0) is 38.2 Å². The van der Waals surface area contributed by atoms with Crippen molar-refractivity contribution >= 4 is 38.3 Å². The van der Waals surface area contributed by atoms with Crippen molar-refractivity contribution < 1.29 is 19.2 Å². The number of nitro groups is 1. The van der Waals surface area contributed by atoms with E-state index in [0.717, 1.165) is 17.8 Å². The molecule has 0 fully saturated rings. The topological polar surface area (TPSA) is 98.0 Å². The summed E-state index contributed by atoms with van der Waals surface area (Å²) in [6.45, 7) is 8.43. The van der Waals surface area contributed by atoms with Gasteiger partial charge < -0.3 is 14.4 Å². The van der Waals surface area contributed by atoms with E-state index in [9.17, 15) is 14.9 Å². The summed E-state index contributed by atoms with van der Waals surface area (Å²) in [4.78, 5) is 33.2. The zero-order chi connectivity index (χ0) is 24.1. The van der Waals surface area contributed by atoms with Gasteiger partial charge in [0.05, 0.1) is 19.1 Å². The number of amides is 1. The number of hydrogen-bond donors (Lipinski definition) is 0. The number of nitro benzene ring substituents is 1. The van der Waals surface area contributed by atoms with Crippen molar-refractivity contribution in [3.05, 3.63) is 51.6 Å². The number of likely N-dealkylation sites (N-methyl/N-ethyl adjacent to an activating group) is 1. The van der Waals surface area contributed by atoms with Gasteiger partial charge in [-0.2, -0.15) is 0 Å². The standard InChI is InChI=1S/C23H28N4O5S/c1-6-25(7-2)13-14-26(22(28)16-9-8-10-17(15(16)3)27(29)30)23-24-20-18(31-4)11-12-19(32-5)21(20)33-23/h8-12H,6-7,13-14H2,1-5H3. The molecule has 0 N–H and O–H groups in total. The fraction of sp³-hybridized carbons (Fsp3) is 0.391. The van der Waals surface area contributed by atoms with Crippen LogP contribution >= 0.6 is 11.3 Å². The molecule has 0 aliphatic rings. The lowest BCUT2D eigenvalue weighted by Gasteiger charge is -2.25. The van der Waals surface area contributed by atoms with Gasteiger partial charge in [0.2, 0.25) is 0 Å². The molecule has 0 aliphatic carbocycles. The maximum atomic E-state index is 13.7. The average Bonchev–Trinajstić information content (AvgIpc) is 3.26. The molecular weight excluding hydrogens is 444 g/mol. The smallest absolute Gasteiger partial charge is 0.273 e. The first kappa shape index (κ1) is 24.4. The number of aromatic nitrogens is 1. The van der Waals surface area contributed by atoms with Crippen LogP contribution < -0.4 is 14.4 Å². The quantitative estimate of drug-likeness (QED) is 0.316. The van der Waals surface area contributed by atoms with Gasteiger partial charge in [-0.1, -0.05) is 31.3 Å². The minimum atomic E-state index is -0.472. The summed E-state index contributed by atoms with van der Waals surface area (Å²) in [5.74, 6) is 0.883. The highest BCUT2D eigenvalue weighted by molar-refractivity contribution is 7.22. The van der Waals surface area contributed by atoms with Crippen LogP contribution in [0.2, 0.25) is 0 Å². The van der Waals surface area contributed by atoms with Gasteiger partial charge in [0.25, 0.3) is 11.6 Å². The van der Waals surface area contributed by atoms with Gasteiger partial charge in [0, 0.05) is 30.3 Å². The van der Waals surface area contributed by atoms with Crippen LogP contribution in [-0.2, 0) is 0 Å². The van der Waals surface area contributed by atoms with Crippen molar-refractivity contribution in [1.82, 2.24) is 9.88 Å². The van der Waals surface area contributed by atoms with Crippen LogP contribution in [0.4, 0.5) is 10.8 Å². The van der Waals surface area contributed by atoms with Crippen LogP contribution in [0, 0.1) is 17.0 Å². The highest BCUT2D eigenvalue weighted by Gasteiger charge is 2.27. The summed E-state index contributed by atoms with van der Waals surface area (Å²) in [7, 11) is 3.15. The second-order valence-electron chi connectivity index (χ2n) is 7.33. The molecule has 1 heterocycles. The number of methoxy groups -OCH3 is 2. The fourth-order valence-corrected chi connectivity index (χ4v) is 4.75. The van der Waals surface area contributed by atoms with Gasteiger partial charge >= 0.3 is 0 Å². The summed E-state index contributed by atoms with van der Waals surface area (Å²) in [6.07, 6.45) is 0. The third-order valence-corrected chi connectivity index (χ3v) is 6.73. The molecule has 0 spiro atoms. The van der Waals surface area contributed by atoms with Crippen molar-refractivity contribution in [2.75, 3.05) is 45.3 Å². The Labute approximate surface area is 196 Å². The van der Waals surface area contributed by atoms with E-state index in [1.54, 1.807) is 44.2 Å². The van der Waals surface area contributed by atoms with E-state index in [2.05, 4.69) is 18.7 Å². The molecule has 3 aromatic rings. The lowest BCUT2D eigenvalue weighted by atomic mass is 10.1. The molecule has 0 unspecified atom stereocenters. The van der Waals surface area contributed by atoms with E-state index < -0.39 is 4.92 Å². The molecule has 33 heavy (non-hydrogen) atoms. The molecule has 3 rings (SSSR count). The van der Waals surface area contributed by atoms with E-state index in [-0.39, 0.29) is 17.2 Å². The Morgan fingerprint density at radius 2 is 1.76 bits per heavy atom. The predicted molar refractivity (Wildman–Crippen MR) is 130 cm³/mol. The van der Waals surface area contributed by atoms with E-state index in [1.807, 2.05) is 0 Å². The van der Waals surface area contributed by atoms with Gasteiger partial charge in [-0.15, -0.1) is 0 Å². The summed E-state index contributed by atoms with van der Waals surface area (Å²) >= 11 is 1.33. The van der Waals surface area contributed by atoms with Crippen LogP contribution in [-0.4, -0.2) is 61.1 Å². The van der Waals surface area contributed by atoms with Crippen LogP contribution in [0.5, 0.6) is 11.5 Å². The minimum Gasteiger partial charge on any atom is -0.495 e. The van der Waals surface area contributed by atoms with Crippen LogP contribution in [0.15, 0.2) is 30.3 Å². The Morgan fingerprint density at radius 3 is 2.36 bits per heavy atom. The zero-order valence-corrected chi connectivity index (χ0v) is 20.3. The van der Waals surface area contributed by atoms with Gasteiger partial charge in [0.1, 0.15) is 21.7 Å². The molecule has 10 heteroatoms. The molecule has 0 atom stereocenters. The van der Waals surface area contributed by atoms with E-state index >= 15 is 0 Å². The Bertz CT molecular complexity index is 1120. The number of nitrogens with zero attached hydrogens (tertiary/aromatic N) is 4. The van der Waals surface area contributed by atoms with Crippen molar-refractivity contribution in [3.63, 3.8) is 0 Å². The van der Waals surface area contributed by atoms with Crippen LogP contribution in [0.3, 0.4) is 0 Å². The Morgan fingerprint density at radius 1 is 1.09 bits per heavy atom. The summed E-state index contributed by atoms with van der Waals surface area (Å²) < 4.78 is 11.7. The van der Waals surface area contributed by atoms with E-state index in [4.69, 9.17) is 14.5 Å². The molecule has 0 aliphatic heterocycles. The third-order valence-electron chi connectivity index (χ3n) is 5.64. The number of benzene rings is 2. The van der Waals surface area contributed by atoms with E-state index in [1.165, 1.54) is 23.5 Å².